The molecule has 1 atom stereocenters. The van der Waals surface area contributed by atoms with Crippen LogP contribution in [0.4, 0.5) is 8.78 Å². The zero-order valence-electron chi connectivity index (χ0n) is 8.14. The van der Waals surface area contributed by atoms with Crippen molar-refractivity contribution in [2.24, 2.45) is 0 Å². The van der Waals surface area contributed by atoms with Crippen LogP contribution in [-0.4, -0.2) is 15.1 Å². The Morgan fingerprint density at radius 2 is 1.81 bits per heavy atom. The molecule has 0 saturated heterocycles. The van der Waals surface area contributed by atoms with Gasteiger partial charge in [0.1, 0.15) is 17.7 Å². The van der Waals surface area contributed by atoms with Crippen LogP contribution in [0.5, 0.6) is 0 Å². The molecule has 0 amide bonds. The van der Waals surface area contributed by atoms with Crippen molar-refractivity contribution in [3.63, 3.8) is 0 Å². The van der Waals surface area contributed by atoms with Crippen molar-refractivity contribution in [2.75, 3.05) is 0 Å². The minimum atomic E-state index is -1.45. The molecule has 0 spiro atoms. The quantitative estimate of drug-likeness (QED) is 0.843. The van der Waals surface area contributed by atoms with Gasteiger partial charge < -0.3 is 5.11 Å². The molecule has 1 heterocycles. The van der Waals surface area contributed by atoms with Gasteiger partial charge in [0.2, 0.25) is 0 Å². The molecular formula is C11H8F2N2O. The van der Waals surface area contributed by atoms with Gasteiger partial charge in [0.25, 0.3) is 0 Å². The third kappa shape index (κ3) is 1.90. The van der Waals surface area contributed by atoms with Crippen LogP contribution in [0.25, 0.3) is 0 Å². The monoisotopic (exact) mass is 222 g/mol. The second kappa shape index (κ2) is 4.32. The maximum atomic E-state index is 13.3. The summed E-state index contributed by atoms with van der Waals surface area (Å²) >= 11 is 0. The Bertz CT molecular complexity index is 470. The van der Waals surface area contributed by atoms with Gasteiger partial charge in [0.05, 0.1) is 17.5 Å². The highest BCUT2D eigenvalue weighted by atomic mass is 19.1. The maximum Gasteiger partial charge on any atom is 0.132 e. The molecular weight excluding hydrogens is 214 g/mol. The predicted octanol–water partition coefficient (Wildman–Crippen LogP) is 1.84. The van der Waals surface area contributed by atoms with Gasteiger partial charge in [0, 0.05) is 12.4 Å². The normalized spacial score (nSPS) is 12.4. The summed E-state index contributed by atoms with van der Waals surface area (Å²) in [6.07, 6.45) is 2.57. The van der Waals surface area contributed by atoms with Crippen molar-refractivity contribution in [1.82, 2.24) is 9.97 Å². The van der Waals surface area contributed by atoms with Crippen LogP contribution >= 0.6 is 0 Å². The Morgan fingerprint density at radius 1 is 1.12 bits per heavy atom. The summed E-state index contributed by atoms with van der Waals surface area (Å²) in [4.78, 5) is 7.51. The zero-order chi connectivity index (χ0) is 11.5. The maximum absolute atomic E-state index is 13.3. The van der Waals surface area contributed by atoms with Gasteiger partial charge in [-0.05, 0) is 12.1 Å². The van der Waals surface area contributed by atoms with Gasteiger partial charge in [-0.3, -0.25) is 9.97 Å². The molecule has 0 aliphatic rings. The van der Waals surface area contributed by atoms with Crippen molar-refractivity contribution < 1.29 is 13.9 Å². The lowest BCUT2D eigenvalue weighted by atomic mass is 10.1. The van der Waals surface area contributed by atoms with Crippen LogP contribution in [-0.2, 0) is 0 Å². The first kappa shape index (κ1) is 10.6. The molecule has 0 radical (unpaired) electrons. The molecule has 0 aliphatic carbocycles. The fourth-order valence-corrected chi connectivity index (χ4v) is 1.37. The first-order valence-corrected chi connectivity index (χ1v) is 4.58. The molecule has 1 aromatic heterocycles. The molecule has 1 N–H and O–H groups in total. The second-order valence-corrected chi connectivity index (χ2v) is 3.17. The summed E-state index contributed by atoms with van der Waals surface area (Å²) in [5, 5.41) is 9.77. The van der Waals surface area contributed by atoms with Crippen LogP contribution in [0.1, 0.15) is 17.4 Å². The standard InChI is InChI=1S/C11H8F2N2O/c12-7-2-1-3-8(13)10(7)11(16)9-6-14-4-5-15-9/h1-6,11,16H. The van der Waals surface area contributed by atoms with Gasteiger partial charge in [-0.2, -0.15) is 0 Å². The van der Waals surface area contributed by atoms with Crippen molar-refractivity contribution in [1.29, 1.82) is 0 Å². The SMILES string of the molecule is OC(c1cnccn1)c1c(F)cccc1F. The number of aliphatic hydroxyl groups is 1. The molecule has 5 heteroatoms. The third-order valence-electron chi connectivity index (χ3n) is 2.14. The Labute approximate surface area is 90.4 Å². The molecule has 0 fully saturated rings. The molecule has 1 aromatic carbocycles. The minimum absolute atomic E-state index is 0.103. The van der Waals surface area contributed by atoms with E-state index in [0.29, 0.717) is 0 Å². The lowest BCUT2D eigenvalue weighted by molar-refractivity contribution is 0.203. The topological polar surface area (TPSA) is 46.0 Å². The van der Waals surface area contributed by atoms with E-state index in [2.05, 4.69) is 9.97 Å². The van der Waals surface area contributed by atoms with E-state index in [1.807, 2.05) is 0 Å². The third-order valence-corrected chi connectivity index (χ3v) is 2.14. The molecule has 1 unspecified atom stereocenters. The van der Waals surface area contributed by atoms with Gasteiger partial charge in [-0.25, -0.2) is 8.78 Å². The Kier molecular flexibility index (Phi) is 2.87. The highest BCUT2D eigenvalue weighted by Crippen LogP contribution is 2.24. The summed E-state index contributed by atoms with van der Waals surface area (Å²) in [5.74, 6) is -1.61. The van der Waals surface area contributed by atoms with Gasteiger partial charge in [-0.15, -0.1) is 0 Å². The number of benzene rings is 1. The molecule has 0 saturated carbocycles. The van der Waals surface area contributed by atoms with Crippen LogP contribution in [0.15, 0.2) is 36.8 Å². The lowest BCUT2D eigenvalue weighted by Crippen LogP contribution is -2.07. The van der Waals surface area contributed by atoms with Crippen LogP contribution in [0.2, 0.25) is 0 Å². The van der Waals surface area contributed by atoms with Gasteiger partial charge >= 0.3 is 0 Å². The highest BCUT2D eigenvalue weighted by molar-refractivity contribution is 5.27. The smallest absolute Gasteiger partial charge is 0.132 e. The largest absolute Gasteiger partial charge is 0.382 e. The number of hydrogen-bond donors (Lipinski definition) is 1. The summed E-state index contributed by atoms with van der Waals surface area (Å²) in [6, 6.07) is 3.40. The summed E-state index contributed by atoms with van der Waals surface area (Å²) in [6.45, 7) is 0. The Hall–Kier alpha value is -1.88. The molecule has 2 rings (SSSR count). The van der Waals surface area contributed by atoms with Crippen LogP contribution in [0, 0.1) is 11.6 Å². The zero-order valence-corrected chi connectivity index (χ0v) is 8.14. The molecule has 0 aliphatic heterocycles. The van der Waals surface area contributed by atoms with Crippen molar-refractivity contribution in [3.05, 3.63) is 59.7 Å². The number of nitrogens with zero attached hydrogens (tertiary/aromatic N) is 2. The molecule has 16 heavy (non-hydrogen) atoms. The summed E-state index contributed by atoms with van der Waals surface area (Å²) in [7, 11) is 0. The van der Waals surface area contributed by atoms with E-state index >= 15 is 0 Å². The summed E-state index contributed by atoms with van der Waals surface area (Å²) < 4.78 is 26.7. The average molecular weight is 222 g/mol. The van der Waals surface area contributed by atoms with E-state index in [4.69, 9.17) is 0 Å². The first-order chi connectivity index (χ1) is 7.70. The number of aliphatic hydroxyl groups excluding tert-OH is 1. The van der Waals surface area contributed by atoms with E-state index in [0.717, 1.165) is 12.1 Å². The number of rotatable bonds is 2. The van der Waals surface area contributed by atoms with Crippen molar-refractivity contribution in [2.45, 2.75) is 6.10 Å². The van der Waals surface area contributed by atoms with E-state index in [1.165, 1.54) is 24.7 Å². The van der Waals surface area contributed by atoms with Crippen LogP contribution < -0.4 is 0 Å². The molecule has 0 bridgehead atoms. The highest BCUT2D eigenvalue weighted by Gasteiger charge is 2.20. The number of halogens is 2. The Balaban J connectivity index is 2.46. The minimum Gasteiger partial charge on any atom is -0.382 e. The number of hydrogen-bond acceptors (Lipinski definition) is 3. The van der Waals surface area contributed by atoms with E-state index in [-0.39, 0.29) is 5.69 Å². The lowest BCUT2D eigenvalue weighted by Gasteiger charge is -2.11. The molecule has 2 aromatic rings. The predicted molar refractivity (Wildman–Crippen MR) is 52.5 cm³/mol. The van der Waals surface area contributed by atoms with E-state index < -0.39 is 23.3 Å². The second-order valence-electron chi connectivity index (χ2n) is 3.17. The Morgan fingerprint density at radius 3 is 2.38 bits per heavy atom. The van der Waals surface area contributed by atoms with Gasteiger partial charge in [0.15, 0.2) is 0 Å². The average Bonchev–Trinajstić information content (AvgIpc) is 2.30. The van der Waals surface area contributed by atoms with Crippen molar-refractivity contribution in [3.8, 4) is 0 Å². The van der Waals surface area contributed by atoms with Crippen molar-refractivity contribution >= 4 is 0 Å². The fraction of sp³-hybridized carbons (Fsp3) is 0.0909. The molecule has 3 nitrogen and oxygen atoms in total. The van der Waals surface area contributed by atoms with Gasteiger partial charge in [-0.1, -0.05) is 6.07 Å². The summed E-state index contributed by atoms with van der Waals surface area (Å²) in [5.41, 5.74) is -0.311. The first-order valence-electron chi connectivity index (χ1n) is 4.58. The molecule has 82 valence electrons. The van der Waals surface area contributed by atoms with Crippen LogP contribution in [0.3, 0.4) is 0 Å². The van der Waals surface area contributed by atoms with E-state index in [1.54, 1.807) is 0 Å². The fourth-order valence-electron chi connectivity index (χ4n) is 1.37. The number of aromatic nitrogens is 2. The van der Waals surface area contributed by atoms with E-state index in [9.17, 15) is 13.9 Å².